The standard InChI is InChI=1S/C9H18O/c1-4-6-9(2)7-5-8-10-3/h6H,4-5,7-8H2,1-3H3. The second kappa shape index (κ2) is 6.81. The zero-order valence-corrected chi connectivity index (χ0v) is 7.31. The molecular formula is C9H18O. The summed E-state index contributed by atoms with van der Waals surface area (Å²) in [5.74, 6) is 0. The van der Waals surface area contributed by atoms with Crippen molar-refractivity contribution in [1.82, 2.24) is 0 Å². The van der Waals surface area contributed by atoms with Gasteiger partial charge >= 0.3 is 0 Å². The second-order valence-corrected chi connectivity index (χ2v) is 2.56. The monoisotopic (exact) mass is 142 g/mol. The van der Waals surface area contributed by atoms with E-state index in [2.05, 4.69) is 19.9 Å². The molecule has 0 amide bonds. The molecule has 0 fully saturated rings. The smallest absolute Gasteiger partial charge is 0.0465 e. The lowest BCUT2D eigenvalue weighted by atomic mass is 10.1. The molecule has 0 heterocycles. The quantitative estimate of drug-likeness (QED) is 0.423. The van der Waals surface area contributed by atoms with Crippen molar-refractivity contribution in [2.24, 2.45) is 0 Å². The zero-order valence-electron chi connectivity index (χ0n) is 7.31. The molecule has 0 N–H and O–H groups in total. The summed E-state index contributed by atoms with van der Waals surface area (Å²) in [7, 11) is 1.75. The Kier molecular flexibility index (Phi) is 6.61. The molecule has 0 aromatic carbocycles. The SMILES string of the molecule is CCC=C(C)CCCOC. The molecule has 0 saturated heterocycles. The molecular weight excluding hydrogens is 124 g/mol. The fraction of sp³-hybridized carbons (Fsp3) is 0.778. The van der Waals surface area contributed by atoms with Crippen LogP contribution < -0.4 is 0 Å². The van der Waals surface area contributed by atoms with Crippen molar-refractivity contribution < 1.29 is 4.74 Å². The maximum Gasteiger partial charge on any atom is 0.0465 e. The van der Waals surface area contributed by atoms with Crippen molar-refractivity contribution in [3.63, 3.8) is 0 Å². The molecule has 0 bridgehead atoms. The van der Waals surface area contributed by atoms with Gasteiger partial charge in [0.25, 0.3) is 0 Å². The van der Waals surface area contributed by atoms with Gasteiger partial charge in [-0.3, -0.25) is 0 Å². The van der Waals surface area contributed by atoms with E-state index in [0.717, 1.165) is 19.4 Å². The van der Waals surface area contributed by atoms with Gasteiger partial charge in [0.05, 0.1) is 0 Å². The van der Waals surface area contributed by atoms with Crippen molar-refractivity contribution in [1.29, 1.82) is 0 Å². The van der Waals surface area contributed by atoms with Crippen LogP contribution in [0.5, 0.6) is 0 Å². The van der Waals surface area contributed by atoms with Gasteiger partial charge in [-0.2, -0.15) is 0 Å². The summed E-state index contributed by atoms with van der Waals surface area (Å²) in [4.78, 5) is 0. The Bertz CT molecular complexity index is 94.9. The normalized spacial score (nSPS) is 12.1. The van der Waals surface area contributed by atoms with Gasteiger partial charge in [0.2, 0.25) is 0 Å². The average molecular weight is 142 g/mol. The predicted octanol–water partition coefficient (Wildman–Crippen LogP) is 2.77. The lowest BCUT2D eigenvalue weighted by Crippen LogP contribution is -1.88. The zero-order chi connectivity index (χ0) is 7.82. The van der Waals surface area contributed by atoms with Crippen LogP contribution in [0, 0.1) is 0 Å². The summed E-state index contributed by atoms with van der Waals surface area (Å²) in [6, 6.07) is 0. The molecule has 0 aliphatic carbocycles. The van der Waals surface area contributed by atoms with Gasteiger partial charge in [-0.05, 0) is 26.2 Å². The molecule has 0 saturated carbocycles. The van der Waals surface area contributed by atoms with Crippen LogP contribution in [0.1, 0.15) is 33.1 Å². The Morgan fingerprint density at radius 2 is 2.20 bits per heavy atom. The van der Waals surface area contributed by atoms with E-state index >= 15 is 0 Å². The Hall–Kier alpha value is -0.300. The Morgan fingerprint density at radius 3 is 2.70 bits per heavy atom. The third-order valence-corrected chi connectivity index (χ3v) is 1.47. The van der Waals surface area contributed by atoms with Crippen LogP contribution in [0.25, 0.3) is 0 Å². The molecule has 1 nitrogen and oxygen atoms in total. The molecule has 0 spiro atoms. The molecule has 0 aromatic rings. The lowest BCUT2D eigenvalue weighted by Gasteiger charge is -1.98. The number of rotatable bonds is 5. The van der Waals surface area contributed by atoms with Crippen LogP contribution in [-0.2, 0) is 4.74 Å². The van der Waals surface area contributed by atoms with Crippen LogP contribution in [0.3, 0.4) is 0 Å². The molecule has 1 heteroatoms. The number of ether oxygens (including phenoxy) is 1. The van der Waals surface area contributed by atoms with E-state index in [1.807, 2.05) is 0 Å². The summed E-state index contributed by atoms with van der Waals surface area (Å²) >= 11 is 0. The minimum atomic E-state index is 0.884. The van der Waals surface area contributed by atoms with E-state index in [4.69, 9.17) is 4.74 Å². The van der Waals surface area contributed by atoms with E-state index in [0.29, 0.717) is 0 Å². The maximum absolute atomic E-state index is 4.94. The number of hydrogen-bond donors (Lipinski definition) is 0. The van der Waals surface area contributed by atoms with E-state index in [-0.39, 0.29) is 0 Å². The third kappa shape index (κ3) is 5.83. The molecule has 0 radical (unpaired) electrons. The maximum atomic E-state index is 4.94. The summed E-state index contributed by atoms with van der Waals surface area (Å²) in [5.41, 5.74) is 1.49. The lowest BCUT2D eigenvalue weighted by molar-refractivity contribution is 0.195. The van der Waals surface area contributed by atoms with E-state index < -0.39 is 0 Å². The first-order valence-corrected chi connectivity index (χ1v) is 3.95. The molecule has 0 aliphatic rings. The summed E-state index contributed by atoms with van der Waals surface area (Å²) < 4.78 is 4.94. The molecule has 0 aromatic heterocycles. The third-order valence-electron chi connectivity index (χ3n) is 1.47. The van der Waals surface area contributed by atoms with E-state index in [1.165, 1.54) is 12.0 Å². The minimum Gasteiger partial charge on any atom is -0.385 e. The highest BCUT2D eigenvalue weighted by molar-refractivity contribution is 4.96. The highest BCUT2D eigenvalue weighted by atomic mass is 16.5. The first-order chi connectivity index (χ1) is 4.81. The topological polar surface area (TPSA) is 9.23 Å². The van der Waals surface area contributed by atoms with Crippen molar-refractivity contribution in [2.45, 2.75) is 33.1 Å². The van der Waals surface area contributed by atoms with Crippen LogP contribution in [0.2, 0.25) is 0 Å². The first kappa shape index (κ1) is 9.70. The molecule has 0 rings (SSSR count). The van der Waals surface area contributed by atoms with Gasteiger partial charge in [0.1, 0.15) is 0 Å². The van der Waals surface area contributed by atoms with Crippen molar-refractivity contribution in [3.05, 3.63) is 11.6 Å². The fourth-order valence-electron chi connectivity index (χ4n) is 0.946. The Labute approximate surface area is 64.1 Å². The van der Waals surface area contributed by atoms with Crippen LogP contribution in [0.15, 0.2) is 11.6 Å². The van der Waals surface area contributed by atoms with Gasteiger partial charge in [0, 0.05) is 13.7 Å². The van der Waals surface area contributed by atoms with Crippen molar-refractivity contribution in [3.8, 4) is 0 Å². The minimum absolute atomic E-state index is 0.884. The average Bonchev–Trinajstić information content (AvgIpc) is 1.89. The van der Waals surface area contributed by atoms with Crippen molar-refractivity contribution >= 4 is 0 Å². The van der Waals surface area contributed by atoms with E-state index in [9.17, 15) is 0 Å². The summed E-state index contributed by atoms with van der Waals surface area (Å²) in [6.45, 7) is 5.23. The van der Waals surface area contributed by atoms with Crippen LogP contribution in [-0.4, -0.2) is 13.7 Å². The second-order valence-electron chi connectivity index (χ2n) is 2.56. The first-order valence-electron chi connectivity index (χ1n) is 3.95. The molecule has 0 atom stereocenters. The van der Waals surface area contributed by atoms with Gasteiger partial charge < -0.3 is 4.74 Å². The Balaban J connectivity index is 3.21. The largest absolute Gasteiger partial charge is 0.385 e. The van der Waals surface area contributed by atoms with Gasteiger partial charge in [-0.25, -0.2) is 0 Å². The van der Waals surface area contributed by atoms with Crippen molar-refractivity contribution in [2.75, 3.05) is 13.7 Å². The van der Waals surface area contributed by atoms with E-state index in [1.54, 1.807) is 7.11 Å². The van der Waals surface area contributed by atoms with Gasteiger partial charge in [-0.15, -0.1) is 0 Å². The highest BCUT2D eigenvalue weighted by Crippen LogP contribution is 2.04. The molecule has 0 aliphatic heterocycles. The molecule has 60 valence electrons. The summed E-state index contributed by atoms with van der Waals surface area (Å²) in [6.07, 6.45) is 5.76. The van der Waals surface area contributed by atoms with Crippen LogP contribution >= 0.6 is 0 Å². The highest BCUT2D eigenvalue weighted by Gasteiger charge is 1.87. The fourth-order valence-corrected chi connectivity index (χ4v) is 0.946. The van der Waals surface area contributed by atoms with Crippen LogP contribution in [0.4, 0.5) is 0 Å². The summed E-state index contributed by atoms with van der Waals surface area (Å²) in [5, 5.41) is 0. The molecule has 0 unspecified atom stereocenters. The number of methoxy groups -OCH3 is 1. The predicted molar refractivity (Wildman–Crippen MR) is 45.2 cm³/mol. The van der Waals surface area contributed by atoms with Gasteiger partial charge in [-0.1, -0.05) is 18.6 Å². The number of hydrogen-bond acceptors (Lipinski definition) is 1. The Morgan fingerprint density at radius 1 is 1.50 bits per heavy atom. The number of allylic oxidation sites excluding steroid dienone is 2. The van der Waals surface area contributed by atoms with Gasteiger partial charge in [0.15, 0.2) is 0 Å². The molecule has 10 heavy (non-hydrogen) atoms.